The Kier molecular flexibility index (Phi) is 56.8. The topological polar surface area (TPSA) is 78.9 Å². The van der Waals surface area contributed by atoms with Crippen LogP contribution in [-0.2, 0) is 28.6 Å². The van der Waals surface area contributed by atoms with E-state index in [0.29, 0.717) is 19.3 Å². The van der Waals surface area contributed by atoms with Crippen molar-refractivity contribution in [2.24, 2.45) is 0 Å². The average Bonchev–Trinajstić information content (AvgIpc) is 3.38. The predicted octanol–water partition coefficient (Wildman–Crippen LogP) is 20.5. The third-order valence-electron chi connectivity index (χ3n) is 12.8. The number of carbonyl (C=O) groups excluding carboxylic acids is 3. The van der Waals surface area contributed by atoms with E-state index in [1.165, 1.54) is 135 Å². The summed E-state index contributed by atoms with van der Waals surface area (Å²) in [5.74, 6) is -0.938. The molecule has 0 saturated heterocycles. The molecule has 0 aromatic rings. The van der Waals surface area contributed by atoms with Crippen molar-refractivity contribution in [3.05, 3.63) is 97.2 Å². The summed E-state index contributed by atoms with van der Waals surface area (Å²) >= 11 is 0. The van der Waals surface area contributed by atoms with Crippen molar-refractivity contribution >= 4 is 17.9 Å². The van der Waals surface area contributed by atoms with Crippen LogP contribution in [0.2, 0.25) is 0 Å². The fourth-order valence-corrected chi connectivity index (χ4v) is 8.30. The van der Waals surface area contributed by atoms with E-state index >= 15 is 0 Å². The molecule has 0 aliphatic heterocycles. The van der Waals surface area contributed by atoms with Crippen molar-refractivity contribution in [1.82, 2.24) is 0 Å². The second kappa shape index (κ2) is 59.9. The number of hydrogen-bond donors (Lipinski definition) is 0. The fourth-order valence-electron chi connectivity index (χ4n) is 8.30. The van der Waals surface area contributed by atoms with E-state index < -0.39 is 6.10 Å². The SMILES string of the molecule is CC/C=C\C/C=C\C/C=C\C/C=C\C/C=C\C/C=C\CCCCC(=O)OCC(COC(=O)CCCCCCCCCCCCCCCCC)OC(=O)CCCCCCCCC/C=C\C/C=C\CCCCCC. The molecule has 0 spiro atoms. The number of unbranched alkanes of at least 4 members (excludes halogenated alkanes) is 27. The maximum Gasteiger partial charge on any atom is 0.306 e. The van der Waals surface area contributed by atoms with Crippen molar-refractivity contribution in [2.45, 2.75) is 290 Å². The van der Waals surface area contributed by atoms with Crippen molar-refractivity contribution in [3.63, 3.8) is 0 Å². The maximum atomic E-state index is 12.9. The molecule has 412 valence electrons. The van der Waals surface area contributed by atoms with Gasteiger partial charge >= 0.3 is 17.9 Å². The van der Waals surface area contributed by atoms with Crippen molar-refractivity contribution in [3.8, 4) is 0 Å². The summed E-state index contributed by atoms with van der Waals surface area (Å²) in [4.78, 5) is 38.2. The van der Waals surface area contributed by atoms with E-state index in [4.69, 9.17) is 14.2 Å². The summed E-state index contributed by atoms with van der Waals surface area (Å²) in [6.45, 7) is 6.49. The van der Waals surface area contributed by atoms with Gasteiger partial charge in [-0.2, -0.15) is 0 Å². The van der Waals surface area contributed by atoms with Gasteiger partial charge in [0, 0.05) is 19.3 Å². The first-order valence-electron chi connectivity index (χ1n) is 30.2. The van der Waals surface area contributed by atoms with Gasteiger partial charge in [-0.05, 0) is 103 Å². The number of rotatable bonds is 54. The molecule has 0 aliphatic rings. The van der Waals surface area contributed by atoms with Gasteiger partial charge in [0.05, 0.1) is 0 Å². The molecule has 0 radical (unpaired) electrons. The molecule has 0 heterocycles. The Balaban J connectivity index is 4.47. The molecule has 1 unspecified atom stereocenters. The van der Waals surface area contributed by atoms with Crippen molar-refractivity contribution in [2.75, 3.05) is 13.2 Å². The molecule has 1 atom stereocenters. The molecule has 0 rings (SSSR count). The molecule has 6 heteroatoms. The lowest BCUT2D eigenvalue weighted by molar-refractivity contribution is -0.167. The minimum absolute atomic E-state index is 0.0930. The molecule has 6 nitrogen and oxygen atoms in total. The molecule has 0 aromatic carbocycles. The van der Waals surface area contributed by atoms with E-state index in [0.717, 1.165) is 109 Å². The lowest BCUT2D eigenvalue weighted by Crippen LogP contribution is -2.30. The van der Waals surface area contributed by atoms with Gasteiger partial charge in [0.15, 0.2) is 6.10 Å². The number of carbonyl (C=O) groups is 3. The molecule has 0 fully saturated rings. The van der Waals surface area contributed by atoms with E-state index in [-0.39, 0.29) is 31.1 Å². The predicted molar refractivity (Wildman–Crippen MR) is 311 cm³/mol. The van der Waals surface area contributed by atoms with Gasteiger partial charge in [-0.1, -0.05) is 259 Å². The van der Waals surface area contributed by atoms with Gasteiger partial charge in [-0.15, -0.1) is 0 Å². The van der Waals surface area contributed by atoms with E-state index in [1.807, 2.05) is 0 Å². The van der Waals surface area contributed by atoms with Crippen molar-refractivity contribution in [1.29, 1.82) is 0 Å². The molecular formula is C66H112O6. The van der Waals surface area contributed by atoms with E-state index in [9.17, 15) is 14.4 Å². The summed E-state index contributed by atoms with van der Waals surface area (Å²) in [5, 5.41) is 0. The second-order valence-corrected chi connectivity index (χ2v) is 19.9. The Hall–Kier alpha value is -3.67. The molecule has 0 bridgehead atoms. The Morgan fingerprint density at radius 3 is 0.889 bits per heavy atom. The fraction of sp³-hybridized carbons (Fsp3) is 0.712. The Labute approximate surface area is 445 Å². The quantitative estimate of drug-likeness (QED) is 0.0261. The van der Waals surface area contributed by atoms with Crippen LogP contribution in [0.3, 0.4) is 0 Å². The zero-order valence-electron chi connectivity index (χ0n) is 47.2. The smallest absolute Gasteiger partial charge is 0.306 e. The standard InChI is InChI=1S/C66H112O6/c1-4-7-10-13-16-19-22-25-28-30-32-33-34-36-38-41-44-47-50-53-56-59-65(68)71-62-63(61-70-64(67)58-55-52-49-46-43-40-37-27-24-21-18-15-12-9-6-3)72-66(69)60-57-54-51-48-45-42-39-35-31-29-26-23-20-17-14-11-8-5-2/h7,10,16,19-20,23,25,28-29,31-33,36,38,44,47,63H,4-6,8-9,11-15,17-18,21-22,24,26-27,30,34-35,37,39-43,45-46,48-62H2,1-3H3/b10-7-,19-16-,23-20-,28-25-,31-29-,33-32-,38-36-,47-44-. The van der Waals surface area contributed by atoms with Gasteiger partial charge in [-0.3, -0.25) is 14.4 Å². The van der Waals surface area contributed by atoms with E-state index in [2.05, 4.69) is 118 Å². The summed E-state index contributed by atoms with van der Waals surface area (Å²) in [6, 6.07) is 0. The third kappa shape index (κ3) is 57.2. The highest BCUT2D eigenvalue weighted by molar-refractivity contribution is 5.71. The van der Waals surface area contributed by atoms with Crippen LogP contribution in [0.1, 0.15) is 284 Å². The monoisotopic (exact) mass is 1000 g/mol. The molecule has 0 aliphatic carbocycles. The molecule has 0 N–H and O–H groups in total. The lowest BCUT2D eigenvalue weighted by Gasteiger charge is -2.18. The normalized spacial score (nSPS) is 12.8. The molecule has 0 saturated carbocycles. The summed E-state index contributed by atoms with van der Waals surface area (Å²) < 4.78 is 16.9. The van der Waals surface area contributed by atoms with Crippen molar-refractivity contribution < 1.29 is 28.6 Å². The van der Waals surface area contributed by atoms with Gasteiger partial charge in [0.25, 0.3) is 0 Å². The Bertz CT molecular complexity index is 1430. The highest BCUT2D eigenvalue weighted by Crippen LogP contribution is 2.16. The first kappa shape index (κ1) is 68.3. The lowest BCUT2D eigenvalue weighted by atomic mass is 10.0. The Morgan fingerprint density at radius 2 is 0.542 bits per heavy atom. The summed E-state index contributed by atoms with van der Waals surface area (Å²) in [6.07, 6.45) is 79.7. The van der Waals surface area contributed by atoms with Crippen LogP contribution in [0.25, 0.3) is 0 Å². The van der Waals surface area contributed by atoms with Gasteiger partial charge in [0.2, 0.25) is 0 Å². The minimum atomic E-state index is -0.800. The highest BCUT2D eigenvalue weighted by Gasteiger charge is 2.19. The van der Waals surface area contributed by atoms with Gasteiger partial charge < -0.3 is 14.2 Å². The summed E-state index contributed by atoms with van der Waals surface area (Å²) in [5.41, 5.74) is 0. The summed E-state index contributed by atoms with van der Waals surface area (Å²) in [7, 11) is 0. The van der Waals surface area contributed by atoms with Crippen LogP contribution in [0, 0.1) is 0 Å². The third-order valence-corrected chi connectivity index (χ3v) is 12.8. The average molecular weight is 1000 g/mol. The van der Waals surface area contributed by atoms with Gasteiger partial charge in [0.1, 0.15) is 13.2 Å². The number of ether oxygens (including phenoxy) is 3. The molecule has 72 heavy (non-hydrogen) atoms. The van der Waals surface area contributed by atoms with Crippen LogP contribution in [0.4, 0.5) is 0 Å². The van der Waals surface area contributed by atoms with Crippen LogP contribution in [0.15, 0.2) is 97.2 Å². The van der Waals surface area contributed by atoms with Gasteiger partial charge in [-0.25, -0.2) is 0 Å². The van der Waals surface area contributed by atoms with Crippen LogP contribution >= 0.6 is 0 Å². The largest absolute Gasteiger partial charge is 0.462 e. The number of allylic oxidation sites excluding steroid dienone is 16. The second-order valence-electron chi connectivity index (χ2n) is 19.9. The van der Waals surface area contributed by atoms with Crippen LogP contribution in [-0.4, -0.2) is 37.2 Å². The van der Waals surface area contributed by atoms with Crippen LogP contribution in [0.5, 0.6) is 0 Å². The minimum Gasteiger partial charge on any atom is -0.462 e. The molecule has 0 amide bonds. The first-order chi connectivity index (χ1) is 35.5. The van der Waals surface area contributed by atoms with E-state index in [1.54, 1.807) is 0 Å². The first-order valence-corrected chi connectivity index (χ1v) is 30.2. The maximum absolute atomic E-state index is 12.9. The Morgan fingerprint density at radius 1 is 0.292 bits per heavy atom. The number of esters is 3. The zero-order chi connectivity index (χ0) is 52.2. The number of hydrogen-bond acceptors (Lipinski definition) is 6. The molecular weight excluding hydrogens is 889 g/mol. The van der Waals surface area contributed by atoms with Crippen LogP contribution < -0.4 is 0 Å². The highest BCUT2D eigenvalue weighted by atomic mass is 16.6. The molecule has 0 aromatic heterocycles. The zero-order valence-corrected chi connectivity index (χ0v) is 47.2.